The van der Waals surface area contributed by atoms with Gasteiger partial charge in [-0.15, -0.1) is 0 Å². The van der Waals surface area contributed by atoms with Crippen LogP contribution in [0, 0.1) is 5.92 Å². The average molecular weight is 267 g/mol. The molecule has 1 saturated carbocycles. The maximum atomic E-state index is 12.3. The van der Waals surface area contributed by atoms with E-state index in [1.807, 2.05) is 4.90 Å². The molecule has 2 rings (SSSR count). The fraction of sp³-hybridized carbons (Fsp3) is 0.867. The summed E-state index contributed by atoms with van der Waals surface area (Å²) in [6, 6.07) is -0.0673. The molecule has 0 aromatic rings. The number of carbonyl (C=O) groups excluding carboxylic acids is 1. The van der Waals surface area contributed by atoms with E-state index in [4.69, 9.17) is 5.11 Å². The molecule has 108 valence electrons. The Hall–Kier alpha value is -1.06. The van der Waals surface area contributed by atoms with Gasteiger partial charge in [0.25, 0.3) is 0 Å². The molecule has 4 nitrogen and oxygen atoms in total. The van der Waals surface area contributed by atoms with Crippen LogP contribution in [0.1, 0.15) is 64.2 Å². The van der Waals surface area contributed by atoms with E-state index >= 15 is 0 Å². The first-order chi connectivity index (χ1) is 9.16. The molecule has 0 bridgehead atoms. The highest BCUT2D eigenvalue weighted by Gasteiger charge is 2.28. The highest BCUT2D eigenvalue weighted by Crippen LogP contribution is 2.29. The Balaban J connectivity index is 1.82. The van der Waals surface area contributed by atoms with Crippen LogP contribution < -0.4 is 0 Å². The predicted octanol–water partition coefficient (Wildman–Crippen LogP) is 2.81. The van der Waals surface area contributed by atoms with E-state index in [2.05, 4.69) is 0 Å². The van der Waals surface area contributed by atoms with E-state index in [-0.39, 0.29) is 18.4 Å². The van der Waals surface area contributed by atoms with Crippen molar-refractivity contribution in [2.45, 2.75) is 70.3 Å². The summed E-state index contributed by atoms with van der Waals surface area (Å²) in [6.07, 6.45) is 9.79. The number of aliphatic carboxylic acids is 1. The third-order valence-corrected chi connectivity index (χ3v) is 4.60. The fourth-order valence-electron chi connectivity index (χ4n) is 3.51. The van der Waals surface area contributed by atoms with Crippen LogP contribution in [0.3, 0.4) is 0 Å². The van der Waals surface area contributed by atoms with Gasteiger partial charge in [0.15, 0.2) is 0 Å². The number of rotatable bonds is 5. The minimum absolute atomic E-state index is 0.0673. The molecular weight excluding hydrogens is 242 g/mol. The van der Waals surface area contributed by atoms with Crippen molar-refractivity contribution in [1.82, 2.24) is 4.90 Å². The molecule has 1 N–H and O–H groups in total. The molecule has 1 aliphatic carbocycles. The Labute approximate surface area is 115 Å². The van der Waals surface area contributed by atoms with Crippen LogP contribution in [0.5, 0.6) is 0 Å². The standard InChI is InChI=1S/C15H25NO3/c17-14(9-8-12-5-1-2-6-12)16-10-4-3-7-13(16)11-15(18)19/h12-13H,1-11H2,(H,18,19). The second-order valence-electron chi connectivity index (χ2n) is 6.02. The lowest BCUT2D eigenvalue weighted by atomic mass is 9.97. The Morgan fingerprint density at radius 1 is 1.05 bits per heavy atom. The van der Waals surface area contributed by atoms with Crippen LogP contribution in [-0.4, -0.2) is 34.5 Å². The molecule has 4 heteroatoms. The highest BCUT2D eigenvalue weighted by atomic mass is 16.4. The molecule has 1 heterocycles. The van der Waals surface area contributed by atoms with Gasteiger partial charge in [0.1, 0.15) is 0 Å². The number of carboxylic acid groups (broad SMARTS) is 1. The van der Waals surface area contributed by atoms with E-state index in [0.717, 1.165) is 38.1 Å². The Kier molecular flexibility index (Phi) is 5.23. The SMILES string of the molecule is O=C(O)CC1CCCCN1C(=O)CCC1CCCC1. The quantitative estimate of drug-likeness (QED) is 0.833. The van der Waals surface area contributed by atoms with Gasteiger partial charge in [-0.3, -0.25) is 9.59 Å². The number of carboxylic acids is 1. The number of nitrogens with zero attached hydrogens (tertiary/aromatic N) is 1. The van der Waals surface area contributed by atoms with Crippen LogP contribution >= 0.6 is 0 Å². The summed E-state index contributed by atoms with van der Waals surface area (Å²) in [5.74, 6) is 0.116. The number of hydrogen-bond acceptors (Lipinski definition) is 2. The molecule has 1 unspecified atom stereocenters. The van der Waals surface area contributed by atoms with Crippen LogP contribution in [-0.2, 0) is 9.59 Å². The van der Waals surface area contributed by atoms with E-state index in [1.165, 1.54) is 25.7 Å². The third kappa shape index (κ3) is 4.22. The summed E-state index contributed by atoms with van der Waals surface area (Å²) < 4.78 is 0. The molecule has 1 amide bonds. The molecule has 0 spiro atoms. The van der Waals surface area contributed by atoms with Gasteiger partial charge in [-0.05, 0) is 31.6 Å². The minimum atomic E-state index is -0.791. The maximum Gasteiger partial charge on any atom is 0.305 e. The fourth-order valence-corrected chi connectivity index (χ4v) is 3.51. The maximum absolute atomic E-state index is 12.3. The molecule has 1 saturated heterocycles. The minimum Gasteiger partial charge on any atom is -0.481 e. The summed E-state index contributed by atoms with van der Waals surface area (Å²) in [4.78, 5) is 25.0. The van der Waals surface area contributed by atoms with Crippen molar-refractivity contribution in [2.75, 3.05) is 6.54 Å². The van der Waals surface area contributed by atoms with Gasteiger partial charge in [0.05, 0.1) is 6.42 Å². The molecule has 0 radical (unpaired) electrons. The Morgan fingerprint density at radius 3 is 2.42 bits per heavy atom. The normalized spacial score (nSPS) is 24.6. The molecule has 2 fully saturated rings. The largest absolute Gasteiger partial charge is 0.481 e. The van der Waals surface area contributed by atoms with Crippen LogP contribution in [0.25, 0.3) is 0 Å². The molecule has 0 aromatic heterocycles. The molecule has 0 aromatic carbocycles. The van der Waals surface area contributed by atoms with Gasteiger partial charge in [-0.1, -0.05) is 25.7 Å². The van der Waals surface area contributed by atoms with Crippen molar-refractivity contribution in [3.05, 3.63) is 0 Å². The second-order valence-corrected chi connectivity index (χ2v) is 6.02. The van der Waals surface area contributed by atoms with Crippen molar-refractivity contribution in [2.24, 2.45) is 5.92 Å². The molecule has 1 aliphatic heterocycles. The molecule has 19 heavy (non-hydrogen) atoms. The lowest BCUT2D eigenvalue weighted by Crippen LogP contribution is -2.44. The van der Waals surface area contributed by atoms with Crippen molar-refractivity contribution >= 4 is 11.9 Å². The zero-order chi connectivity index (χ0) is 13.7. The third-order valence-electron chi connectivity index (χ3n) is 4.60. The number of piperidine rings is 1. The predicted molar refractivity (Wildman–Crippen MR) is 72.8 cm³/mol. The van der Waals surface area contributed by atoms with Gasteiger partial charge in [0, 0.05) is 19.0 Å². The molecule has 2 aliphatic rings. The molecule has 1 atom stereocenters. The summed E-state index contributed by atoms with van der Waals surface area (Å²) in [5, 5.41) is 8.93. The molecular formula is C15H25NO3. The number of carbonyl (C=O) groups is 2. The lowest BCUT2D eigenvalue weighted by molar-refractivity contribution is -0.142. The zero-order valence-corrected chi connectivity index (χ0v) is 11.6. The summed E-state index contributed by atoms with van der Waals surface area (Å²) in [6.45, 7) is 0.751. The van der Waals surface area contributed by atoms with Crippen molar-refractivity contribution in [3.8, 4) is 0 Å². The summed E-state index contributed by atoms with van der Waals surface area (Å²) in [5.41, 5.74) is 0. The zero-order valence-electron chi connectivity index (χ0n) is 11.6. The van der Waals surface area contributed by atoms with E-state index in [9.17, 15) is 9.59 Å². The first kappa shape index (κ1) is 14.4. The second kappa shape index (κ2) is 6.92. The van der Waals surface area contributed by atoms with Crippen LogP contribution in [0.4, 0.5) is 0 Å². The topological polar surface area (TPSA) is 57.6 Å². The van der Waals surface area contributed by atoms with Gasteiger partial charge in [0.2, 0.25) is 5.91 Å². The van der Waals surface area contributed by atoms with E-state index < -0.39 is 5.97 Å². The Bertz CT molecular complexity index is 323. The first-order valence-electron chi connectivity index (χ1n) is 7.68. The van der Waals surface area contributed by atoms with Gasteiger partial charge in [-0.25, -0.2) is 0 Å². The van der Waals surface area contributed by atoms with Gasteiger partial charge < -0.3 is 10.0 Å². The Morgan fingerprint density at radius 2 is 1.74 bits per heavy atom. The van der Waals surface area contributed by atoms with Gasteiger partial charge >= 0.3 is 5.97 Å². The van der Waals surface area contributed by atoms with Crippen LogP contribution in [0.2, 0.25) is 0 Å². The average Bonchev–Trinajstić information content (AvgIpc) is 2.89. The van der Waals surface area contributed by atoms with Gasteiger partial charge in [-0.2, -0.15) is 0 Å². The van der Waals surface area contributed by atoms with E-state index in [0.29, 0.717) is 6.42 Å². The lowest BCUT2D eigenvalue weighted by Gasteiger charge is -2.35. The summed E-state index contributed by atoms with van der Waals surface area (Å²) >= 11 is 0. The van der Waals surface area contributed by atoms with Crippen molar-refractivity contribution < 1.29 is 14.7 Å². The highest BCUT2D eigenvalue weighted by molar-refractivity contribution is 5.77. The smallest absolute Gasteiger partial charge is 0.305 e. The van der Waals surface area contributed by atoms with Crippen molar-refractivity contribution in [3.63, 3.8) is 0 Å². The number of hydrogen-bond donors (Lipinski definition) is 1. The number of amides is 1. The first-order valence-corrected chi connectivity index (χ1v) is 7.68. The van der Waals surface area contributed by atoms with Crippen LogP contribution in [0.15, 0.2) is 0 Å². The van der Waals surface area contributed by atoms with Crippen molar-refractivity contribution in [1.29, 1.82) is 0 Å². The van der Waals surface area contributed by atoms with E-state index in [1.54, 1.807) is 0 Å². The monoisotopic (exact) mass is 267 g/mol. The number of likely N-dealkylation sites (tertiary alicyclic amines) is 1. The summed E-state index contributed by atoms with van der Waals surface area (Å²) in [7, 11) is 0.